The summed E-state index contributed by atoms with van der Waals surface area (Å²) in [7, 11) is 0. The average molecular weight is 513 g/mol. The maximum Gasteiger partial charge on any atom is 0.332 e. The molecule has 0 saturated carbocycles. The van der Waals surface area contributed by atoms with Gasteiger partial charge in [-0.3, -0.25) is 14.4 Å². The number of aliphatic hydroxyl groups is 2. The second kappa shape index (κ2) is 8.40. The van der Waals surface area contributed by atoms with Gasteiger partial charge in [-0.05, 0) is 26.3 Å². The average Bonchev–Trinajstić information content (AvgIpc) is 3.02. The highest BCUT2D eigenvalue weighted by Crippen LogP contribution is 2.61. The Morgan fingerprint density at radius 3 is 2.54 bits per heavy atom. The standard InChI is InChI=1S/C24H29ClO10/c1-10-8-13(28)18-22(4)7-6-14(29)23(5,34-12(3)27)17(22)20(32-15(30)9-26)24(35-18)11(2)21(31)33-19(24)16(10)25/h6-7,11,13,16-20,26,28H,1,8-9H2,2-5H3/t11-,13+,16-,17+,18+,19-,20+,22-,23+,24?/m0/s1. The number of hydrogen-bond acceptors (Lipinski definition) is 10. The molecule has 10 atom stereocenters. The van der Waals surface area contributed by atoms with Crippen LogP contribution in [0.3, 0.4) is 0 Å². The molecule has 10 nitrogen and oxygen atoms in total. The van der Waals surface area contributed by atoms with E-state index in [1.54, 1.807) is 6.92 Å². The molecule has 0 amide bonds. The number of hydrogen-bond donors (Lipinski definition) is 2. The van der Waals surface area contributed by atoms with Crippen molar-refractivity contribution >= 4 is 35.3 Å². The molecule has 2 bridgehead atoms. The monoisotopic (exact) mass is 512 g/mol. The number of carbonyl (C=O) groups is 4. The Morgan fingerprint density at radius 1 is 1.29 bits per heavy atom. The van der Waals surface area contributed by atoms with Crippen molar-refractivity contribution in [1.82, 2.24) is 0 Å². The minimum absolute atomic E-state index is 0.00676. The van der Waals surface area contributed by atoms with Crippen LogP contribution in [0, 0.1) is 17.3 Å². The number of rotatable bonds is 3. The first-order chi connectivity index (χ1) is 16.2. The van der Waals surface area contributed by atoms with Crippen molar-refractivity contribution in [2.45, 2.75) is 75.1 Å². The number of aliphatic hydroxyl groups excluding tert-OH is 2. The fourth-order valence-electron chi connectivity index (χ4n) is 6.39. The van der Waals surface area contributed by atoms with Crippen LogP contribution in [0.1, 0.15) is 34.1 Å². The Balaban J connectivity index is 2.06. The quantitative estimate of drug-likeness (QED) is 0.238. The van der Waals surface area contributed by atoms with E-state index in [0.717, 1.165) is 6.92 Å². The van der Waals surface area contributed by atoms with Crippen LogP contribution in [0.4, 0.5) is 0 Å². The van der Waals surface area contributed by atoms with Crippen molar-refractivity contribution in [3.05, 3.63) is 24.3 Å². The van der Waals surface area contributed by atoms with Gasteiger partial charge in [0, 0.05) is 12.3 Å². The van der Waals surface area contributed by atoms with E-state index in [1.165, 1.54) is 26.0 Å². The van der Waals surface area contributed by atoms with Crippen LogP contribution in [0.2, 0.25) is 0 Å². The SMILES string of the molecule is C=C1C[C@@H](O)[C@H]2OC3([C@H](OC(=O)CO)[C@@H]4[C@]2(C)C=CC(=O)[C@@]4(C)OC(C)=O)[C@@H](C)C(=O)O[C@H]3[C@H]1Cl. The van der Waals surface area contributed by atoms with Gasteiger partial charge >= 0.3 is 17.9 Å². The molecule has 3 saturated heterocycles. The summed E-state index contributed by atoms with van der Waals surface area (Å²) in [6.45, 7) is 8.69. The van der Waals surface area contributed by atoms with Gasteiger partial charge in [0.1, 0.15) is 12.7 Å². The van der Waals surface area contributed by atoms with Gasteiger partial charge in [-0.15, -0.1) is 11.6 Å². The first-order valence-corrected chi connectivity index (χ1v) is 11.8. The molecular formula is C24H29ClO10. The Morgan fingerprint density at radius 2 is 1.94 bits per heavy atom. The Labute approximate surface area is 207 Å². The lowest BCUT2D eigenvalue weighted by Gasteiger charge is -2.63. The minimum Gasteiger partial charge on any atom is -0.457 e. The van der Waals surface area contributed by atoms with Gasteiger partial charge in [-0.1, -0.05) is 25.2 Å². The zero-order valence-corrected chi connectivity index (χ0v) is 20.6. The molecule has 1 aliphatic carbocycles. The van der Waals surface area contributed by atoms with Crippen molar-refractivity contribution in [2.24, 2.45) is 17.3 Å². The zero-order valence-electron chi connectivity index (χ0n) is 19.9. The molecule has 3 heterocycles. The summed E-state index contributed by atoms with van der Waals surface area (Å²) < 4.78 is 23.5. The van der Waals surface area contributed by atoms with E-state index in [4.69, 9.17) is 30.5 Å². The van der Waals surface area contributed by atoms with Crippen LogP contribution in [-0.4, -0.2) is 81.5 Å². The van der Waals surface area contributed by atoms with E-state index in [9.17, 15) is 29.4 Å². The maximum absolute atomic E-state index is 13.3. The highest BCUT2D eigenvalue weighted by Gasteiger charge is 2.77. The van der Waals surface area contributed by atoms with Gasteiger partial charge in [0.05, 0.1) is 29.4 Å². The molecule has 4 rings (SSSR count). The third-order valence-electron chi connectivity index (χ3n) is 7.98. The summed E-state index contributed by atoms with van der Waals surface area (Å²) in [5, 5.41) is 19.8. The fraction of sp³-hybridized carbons (Fsp3) is 0.667. The molecule has 1 unspecified atom stereocenters. The lowest BCUT2D eigenvalue weighted by Crippen LogP contribution is -2.77. The van der Waals surface area contributed by atoms with Crippen molar-refractivity contribution in [3.63, 3.8) is 0 Å². The van der Waals surface area contributed by atoms with Crippen molar-refractivity contribution in [2.75, 3.05) is 6.61 Å². The fourth-order valence-corrected chi connectivity index (χ4v) is 6.73. The van der Waals surface area contributed by atoms with Gasteiger partial charge in [-0.25, -0.2) is 4.79 Å². The van der Waals surface area contributed by atoms with Gasteiger partial charge in [-0.2, -0.15) is 0 Å². The lowest BCUT2D eigenvalue weighted by molar-refractivity contribution is -0.319. The molecule has 0 radical (unpaired) electrons. The first-order valence-electron chi connectivity index (χ1n) is 11.4. The summed E-state index contributed by atoms with van der Waals surface area (Å²) in [5.41, 5.74) is -4.52. The van der Waals surface area contributed by atoms with Gasteiger partial charge < -0.3 is 29.2 Å². The number of ketones is 1. The van der Waals surface area contributed by atoms with Gasteiger partial charge in [0.15, 0.2) is 23.1 Å². The second-order valence-corrected chi connectivity index (χ2v) is 10.6. The van der Waals surface area contributed by atoms with Crippen LogP contribution in [-0.2, 0) is 38.1 Å². The Kier molecular flexibility index (Phi) is 6.19. The van der Waals surface area contributed by atoms with E-state index >= 15 is 0 Å². The second-order valence-electron chi connectivity index (χ2n) is 10.1. The molecule has 1 spiro atoms. The molecule has 3 fully saturated rings. The van der Waals surface area contributed by atoms with Crippen LogP contribution in [0.25, 0.3) is 0 Å². The van der Waals surface area contributed by atoms with Crippen LogP contribution >= 0.6 is 11.6 Å². The molecular weight excluding hydrogens is 484 g/mol. The number of ether oxygens (including phenoxy) is 4. The van der Waals surface area contributed by atoms with Crippen LogP contribution < -0.4 is 0 Å². The molecule has 3 aliphatic heterocycles. The molecule has 35 heavy (non-hydrogen) atoms. The number of fused-ring (bicyclic) bond motifs is 3. The van der Waals surface area contributed by atoms with E-state index in [0.29, 0.717) is 5.57 Å². The van der Waals surface area contributed by atoms with Gasteiger partial charge in [0.2, 0.25) is 0 Å². The van der Waals surface area contributed by atoms with E-state index < -0.39 is 88.5 Å². The van der Waals surface area contributed by atoms with Crippen molar-refractivity contribution in [1.29, 1.82) is 0 Å². The maximum atomic E-state index is 13.3. The zero-order chi connectivity index (χ0) is 26.1. The summed E-state index contributed by atoms with van der Waals surface area (Å²) in [6, 6.07) is 0. The third kappa shape index (κ3) is 3.48. The molecule has 0 aromatic heterocycles. The predicted octanol–water partition coefficient (Wildman–Crippen LogP) is 0.601. The van der Waals surface area contributed by atoms with Crippen molar-refractivity contribution in [3.8, 4) is 0 Å². The third-order valence-corrected chi connectivity index (χ3v) is 8.51. The highest BCUT2D eigenvalue weighted by molar-refractivity contribution is 6.23. The first kappa shape index (κ1) is 25.8. The molecule has 4 aliphatic rings. The van der Waals surface area contributed by atoms with E-state index in [-0.39, 0.29) is 6.42 Å². The molecule has 0 aromatic carbocycles. The summed E-state index contributed by atoms with van der Waals surface area (Å²) in [6.07, 6.45) is -2.13. The largest absolute Gasteiger partial charge is 0.457 e. The number of carbonyl (C=O) groups excluding carboxylic acids is 4. The number of esters is 3. The summed E-state index contributed by atoms with van der Waals surface area (Å²) >= 11 is 6.69. The minimum atomic E-state index is -1.88. The smallest absolute Gasteiger partial charge is 0.332 e. The van der Waals surface area contributed by atoms with Crippen molar-refractivity contribution < 1.29 is 48.3 Å². The molecule has 192 valence electrons. The van der Waals surface area contributed by atoms with Gasteiger partial charge in [0.25, 0.3) is 0 Å². The Hall–Kier alpha value is -2.27. The summed E-state index contributed by atoms with van der Waals surface area (Å²) in [5.74, 6) is -5.30. The van der Waals surface area contributed by atoms with E-state index in [1.807, 2.05) is 0 Å². The molecule has 0 aromatic rings. The predicted molar refractivity (Wildman–Crippen MR) is 119 cm³/mol. The van der Waals surface area contributed by atoms with Crippen LogP contribution in [0.15, 0.2) is 24.3 Å². The normalized spacial score (nSPS) is 46.6. The van der Waals surface area contributed by atoms with Crippen LogP contribution in [0.5, 0.6) is 0 Å². The number of halogens is 1. The lowest BCUT2D eigenvalue weighted by atomic mass is 9.52. The Bertz CT molecular complexity index is 1020. The molecule has 2 N–H and O–H groups in total. The highest BCUT2D eigenvalue weighted by atomic mass is 35.5. The van der Waals surface area contributed by atoms with E-state index in [2.05, 4.69) is 6.58 Å². The topological polar surface area (TPSA) is 146 Å². The summed E-state index contributed by atoms with van der Waals surface area (Å²) in [4.78, 5) is 50.9. The molecule has 11 heteroatoms. The number of alkyl halides is 1.